The monoisotopic (exact) mass is 315 g/mol. The molecular formula is C14H22ClN3O3. The minimum Gasteiger partial charge on any atom is -0.382 e. The Bertz CT molecular complexity index is 443. The van der Waals surface area contributed by atoms with Crippen molar-refractivity contribution in [3.63, 3.8) is 0 Å². The molecule has 0 fully saturated rings. The predicted molar refractivity (Wildman–Crippen MR) is 83.1 cm³/mol. The Hall–Kier alpha value is -1.37. The van der Waals surface area contributed by atoms with E-state index in [4.69, 9.17) is 21.1 Å². The summed E-state index contributed by atoms with van der Waals surface area (Å²) in [6.07, 6.45) is 3.25. The van der Waals surface area contributed by atoms with Crippen molar-refractivity contribution in [1.82, 2.24) is 10.3 Å². The number of methoxy groups -OCH3 is 1. The Labute approximate surface area is 130 Å². The average molecular weight is 316 g/mol. The lowest BCUT2D eigenvalue weighted by atomic mass is 10.2. The second kappa shape index (κ2) is 10.4. The molecule has 0 aliphatic carbocycles. The number of nitrogens with zero attached hydrogens (tertiary/aromatic N) is 1. The van der Waals surface area contributed by atoms with Crippen molar-refractivity contribution in [2.75, 3.05) is 45.8 Å². The molecule has 0 saturated carbocycles. The van der Waals surface area contributed by atoms with Gasteiger partial charge in [0, 0.05) is 33.5 Å². The number of ether oxygens (including phenoxy) is 2. The fourth-order valence-corrected chi connectivity index (χ4v) is 1.88. The van der Waals surface area contributed by atoms with Crippen molar-refractivity contribution in [3.8, 4) is 0 Å². The van der Waals surface area contributed by atoms with Crippen LogP contribution in [0.2, 0.25) is 5.02 Å². The predicted octanol–water partition coefficient (Wildman–Crippen LogP) is 1.95. The Kier molecular flexibility index (Phi) is 8.73. The quantitative estimate of drug-likeness (QED) is 0.646. The summed E-state index contributed by atoms with van der Waals surface area (Å²) in [5.74, 6) is 0.383. The van der Waals surface area contributed by atoms with Gasteiger partial charge in [-0.05, 0) is 18.9 Å². The highest BCUT2D eigenvalue weighted by Gasteiger charge is 2.08. The molecule has 1 amide bonds. The zero-order chi connectivity index (χ0) is 15.5. The summed E-state index contributed by atoms with van der Waals surface area (Å²) in [5.41, 5.74) is 0.454. The highest BCUT2D eigenvalue weighted by Crippen LogP contribution is 2.19. The summed E-state index contributed by atoms with van der Waals surface area (Å²) in [6, 6.07) is 1.60. The van der Waals surface area contributed by atoms with E-state index in [2.05, 4.69) is 15.6 Å². The van der Waals surface area contributed by atoms with Crippen molar-refractivity contribution in [2.45, 2.75) is 12.8 Å². The van der Waals surface area contributed by atoms with Gasteiger partial charge in [-0.2, -0.15) is 0 Å². The number of carbonyl (C=O) groups excluding carboxylic acids is 1. The zero-order valence-corrected chi connectivity index (χ0v) is 13.2. The van der Waals surface area contributed by atoms with E-state index in [-0.39, 0.29) is 5.91 Å². The Balaban J connectivity index is 2.20. The van der Waals surface area contributed by atoms with E-state index < -0.39 is 0 Å². The van der Waals surface area contributed by atoms with Gasteiger partial charge in [0.25, 0.3) is 5.91 Å². The van der Waals surface area contributed by atoms with Crippen molar-refractivity contribution in [2.24, 2.45) is 0 Å². The van der Waals surface area contributed by atoms with E-state index in [9.17, 15) is 4.79 Å². The van der Waals surface area contributed by atoms with Gasteiger partial charge in [0.1, 0.15) is 5.82 Å². The van der Waals surface area contributed by atoms with Gasteiger partial charge in [-0.3, -0.25) is 4.79 Å². The van der Waals surface area contributed by atoms with Gasteiger partial charge in [-0.15, -0.1) is 0 Å². The van der Waals surface area contributed by atoms with Crippen LogP contribution in [0, 0.1) is 0 Å². The number of unbranched alkanes of at least 4 members (excludes halogenated alkanes) is 1. The molecular weight excluding hydrogens is 294 g/mol. The second-order valence-electron chi connectivity index (χ2n) is 4.37. The fourth-order valence-electron chi connectivity index (χ4n) is 1.62. The summed E-state index contributed by atoms with van der Waals surface area (Å²) in [7, 11) is 3.37. The number of amides is 1. The molecule has 0 aliphatic rings. The minimum atomic E-state index is -0.174. The molecule has 0 atom stereocenters. The van der Waals surface area contributed by atoms with Crippen molar-refractivity contribution in [3.05, 3.63) is 22.8 Å². The van der Waals surface area contributed by atoms with Gasteiger partial charge >= 0.3 is 0 Å². The minimum absolute atomic E-state index is 0.174. The molecule has 0 aromatic carbocycles. The molecule has 0 radical (unpaired) electrons. The van der Waals surface area contributed by atoms with Crippen molar-refractivity contribution >= 4 is 23.3 Å². The number of hydrogen-bond donors (Lipinski definition) is 2. The normalized spacial score (nSPS) is 10.4. The summed E-state index contributed by atoms with van der Waals surface area (Å²) < 4.78 is 10.2. The Morgan fingerprint density at radius 3 is 2.81 bits per heavy atom. The Morgan fingerprint density at radius 1 is 1.33 bits per heavy atom. The van der Waals surface area contributed by atoms with Gasteiger partial charge < -0.3 is 20.1 Å². The fraction of sp³-hybridized carbons (Fsp3) is 0.571. The molecule has 1 aromatic rings. The molecule has 1 aromatic heterocycles. The topological polar surface area (TPSA) is 72.5 Å². The standard InChI is InChI=1S/C14H22ClN3O3/c1-16-13-12(15)9-11(10-18-13)14(19)17-5-3-4-6-21-8-7-20-2/h9-10H,3-8H2,1-2H3,(H,16,18)(H,17,19). The van der Waals surface area contributed by atoms with Gasteiger partial charge in [0.15, 0.2) is 0 Å². The van der Waals surface area contributed by atoms with Gasteiger partial charge in [-0.1, -0.05) is 11.6 Å². The number of nitrogens with one attached hydrogen (secondary N) is 2. The van der Waals surface area contributed by atoms with Crippen LogP contribution in [-0.2, 0) is 9.47 Å². The maximum absolute atomic E-state index is 11.9. The molecule has 1 heterocycles. The van der Waals surface area contributed by atoms with Crippen LogP contribution in [0.1, 0.15) is 23.2 Å². The molecule has 0 spiro atoms. The summed E-state index contributed by atoms with van der Waals surface area (Å²) in [6.45, 7) is 2.47. The molecule has 0 aliphatic heterocycles. The number of rotatable bonds is 10. The van der Waals surface area contributed by atoms with E-state index in [0.717, 1.165) is 12.8 Å². The number of anilines is 1. The molecule has 7 heteroatoms. The Morgan fingerprint density at radius 2 is 2.14 bits per heavy atom. The number of halogens is 1. The first kappa shape index (κ1) is 17.7. The highest BCUT2D eigenvalue weighted by molar-refractivity contribution is 6.33. The number of hydrogen-bond acceptors (Lipinski definition) is 5. The van der Waals surface area contributed by atoms with Gasteiger partial charge in [0.05, 0.1) is 23.8 Å². The average Bonchev–Trinajstić information content (AvgIpc) is 2.49. The van der Waals surface area contributed by atoms with Crippen LogP contribution in [0.15, 0.2) is 12.3 Å². The van der Waals surface area contributed by atoms with Crippen LogP contribution >= 0.6 is 11.6 Å². The van der Waals surface area contributed by atoms with E-state index in [0.29, 0.717) is 42.8 Å². The third-order valence-corrected chi connectivity index (χ3v) is 3.06. The van der Waals surface area contributed by atoms with Gasteiger partial charge in [0.2, 0.25) is 0 Å². The maximum Gasteiger partial charge on any atom is 0.252 e. The number of aromatic nitrogens is 1. The molecule has 0 unspecified atom stereocenters. The second-order valence-corrected chi connectivity index (χ2v) is 4.78. The lowest BCUT2D eigenvalue weighted by Crippen LogP contribution is -2.24. The molecule has 118 valence electrons. The van der Waals surface area contributed by atoms with E-state index >= 15 is 0 Å². The molecule has 2 N–H and O–H groups in total. The molecule has 21 heavy (non-hydrogen) atoms. The summed E-state index contributed by atoms with van der Waals surface area (Å²) in [5, 5.41) is 6.10. The number of carbonyl (C=O) groups is 1. The first-order chi connectivity index (χ1) is 10.2. The molecule has 0 bridgehead atoms. The van der Waals surface area contributed by atoms with Crippen LogP contribution in [0.5, 0.6) is 0 Å². The van der Waals surface area contributed by atoms with Crippen LogP contribution in [-0.4, -0.2) is 51.4 Å². The molecule has 0 saturated heterocycles. The van der Waals surface area contributed by atoms with E-state index in [1.165, 1.54) is 6.20 Å². The van der Waals surface area contributed by atoms with E-state index in [1.54, 1.807) is 20.2 Å². The lowest BCUT2D eigenvalue weighted by molar-refractivity contribution is 0.0686. The van der Waals surface area contributed by atoms with Crippen LogP contribution in [0.3, 0.4) is 0 Å². The summed E-state index contributed by atoms with van der Waals surface area (Å²) >= 11 is 5.99. The van der Waals surface area contributed by atoms with Crippen molar-refractivity contribution < 1.29 is 14.3 Å². The lowest BCUT2D eigenvalue weighted by Gasteiger charge is -2.07. The first-order valence-electron chi connectivity index (χ1n) is 6.87. The largest absolute Gasteiger partial charge is 0.382 e. The van der Waals surface area contributed by atoms with Crippen LogP contribution in [0.25, 0.3) is 0 Å². The zero-order valence-electron chi connectivity index (χ0n) is 12.4. The third-order valence-electron chi connectivity index (χ3n) is 2.77. The smallest absolute Gasteiger partial charge is 0.252 e. The van der Waals surface area contributed by atoms with Crippen LogP contribution in [0.4, 0.5) is 5.82 Å². The molecule has 1 rings (SSSR count). The molecule has 6 nitrogen and oxygen atoms in total. The first-order valence-corrected chi connectivity index (χ1v) is 7.25. The van der Waals surface area contributed by atoms with Crippen LogP contribution < -0.4 is 10.6 Å². The highest BCUT2D eigenvalue weighted by atomic mass is 35.5. The third kappa shape index (κ3) is 6.75. The van der Waals surface area contributed by atoms with E-state index in [1.807, 2.05) is 0 Å². The maximum atomic E-state index is 11.9. The van der Waals surface area contributed by atoms with Gasteiger partial charge in [-0.25, -0.2) is 4.98 Å². The summed E-state index contributed by atoms with van der Waals surface area (Å²) in [4.78, 5) is 16.0. The number of pyridine rings is 1. The SMILES string of the molecule is CNc1ncc(C(=O)NCCCCOCCOC)cc1Cl. The van der Waals surface area contributed by atoms with Crippen molar-refractivity contribution in [1.29, 1.82) is 0 Å².